The highest BCUT2D eigenvalue weighted by molar-refractivity contribution is 8.00. The van der Waals surface area contributed by atoms with Crippen molar-refractivity contribution < 1.29 is 18.0 Å². The SMILES string of the molecule is CCCc1nc(C(=O)NCCSC(F)(F)F)n[nH]1. The van der Waals surface area contributed by atoms with Crippen molar-refractivity contribution in [1.29, 1.82) is 0 Å². The van der Waals surface area contributed by atoms with Crippen LogP contribution in [0.15, 0.2) is 0 Å². The summed E-state index contributed by atoms with van der Waals surface area (Å²) in [6, 6.07) is 0. The Hall–Kier alpha value is -1.25. The number of carbonyl (C=O) groups excluding carboxylic acids is 1. The van der Waals surface area contributed by atoms with Crippen LogP contribution < -0.4 is 5.32 Å². The molecule has 0 fully saturated rings. The predicted molar refractivity (Wildman–Crippen MR) is 61.2 cm³/mol. The van der Waals surface area contributed by atoms with Gasteiger partial charge in [0, 0.05) is 18.7 Å². The monoisotopic (exact) mass is 282 g/mol. The van der Waals surface area contributed by atoms with Crippen LogP contribution in [0.25, 0.3) is 0 Å². The minimum atomic E-state index is -4.27. The molecule has 9 heteroatoms. The number of aromatic amines is 1. The van der Waals surface area contributed by atoms with Crippen molar-refractivity contribution in [3.8, 4) is 0 Å². The third kappa shape index (κ3) is 5.39. The van der Waals surface area contributed by atoms with E-state index in [2.05, 4.69) is 20.5 Å². The predicted octanol–water partition coefficient (Wildman–Crippen LogP) is 1.74. The standard InChI is InChI=1S/C9H13F3N4OS/c1-2-3-6-14-7(16-15-6)8(17)13-4-5-18-9(10,11)12/h2-5H2,1H3,(H,13,17)(H,14,15,16). The van der Waals surface area contributed by atoms with Gasteiger partial charge in [-0.2, -0.15) is 13.2 Å². The Labute approximate surface area is 106 Å². The van der Waals surface area contributed by atoms with Crippen LogP contribution >= 0.6 is 11.8 Å². The topological polar surface area (TPSA) is 70.7 Å². The zero-order chi connectivity index (χ0) is 13.6. The van der Waals surface area contributed by atoms with Gasteiger partial charge in [-0.1, -0.05) is 6.92 Å². The van der Waals surface area contributed by atoms with Gasteiger partial charge in [0.1, 0.15) is 5.82 Å². The first-order valence-corrected chi connectivity index (χ1v) is 6.31. The molecule has 1 aromatic rings. The summed E-state index contributed by atoms with van der Waals surface area (Å²) >= 11 is -0.179. The summed E-state index contributed by atoms with van der Waals surface area (Å²) < 4.78 is 35.4. The van der Waals surface area contributed by atoms with Crippen molar-refractivity contribution in [1.82, 2.24) is 20.5 Å². The van der Waals surface area contributed by atoms with E-state index in [4.69, 9.17) is 0 Å². The van der Waals surface area contributed by atoms with E-state index in [0.29, 0.717) is 12.2 Å². The van der Waals surface area contributed by atoms with E-state index in [1.54, 1.807) is 0 Å². The summed E-state index contributed by atoms with van der Waals surface area (Å²) in [5, 5.41) is 8.60. The van der Waals surface area contributed by atoms with Crippen LogP contribution in [0, 0.1) is 0 Å². The molecule has 0 saturated heterocycles. The quantitative estimate of drug-likeness (QED) is 0.780. The van der Waals surface area contributed by atoms with Gasteiger partial charge in [-0.15, -0.1) is 5.10 Å². The number of amides is 1. The maximum Gasteiger partial charge on any atom is 0.441 e. The van der Waals surface area contributed by atoms with E-state index < -0.39 is 11.4 Å². The maximum absolute atomic E-state index is 11.8. The Morgan fingerprint density at radius 2 is 2.22 bits per heavy atom. The largest absolute Gasteiger partial charge is 0.441 e. The van der Waals surface area contributed by atoms with E-state index in [1.165, 1.54) is 0 Å². The number of H-pyrrole nitrogens is 1. The van der Waals surface area contributed by atoms with Gasteiger partial charge in [0.15, 0.2) is 0 Å². The molecule has 0 atom stereocenters. The summed E-state index contributed by atoms with van der Waals surface area (Å²) in [6.07, 6.45) is 1.53. The number of aromatic nitrogens is 3. The van der Waals surface area contributed by atoms with Gasteiger partial charge in [0.2, 0.25) is 5.82 Å². The molecule has 1 aromatic heterocycles. The van der Waals surface area contributed by atoms with Gasteiger partial charge in [-0.3, -0.25) is 9.89 Å². The lowest BCUT2D eigenvalue weighted by Crippen LogP contribution is -2.27. The normalized spacial score (nSPS) is 11.6. The molecule has 0 saturated carbocycles. The number of hydrogen-bond acceptors (Lipinski definition) is 4. The number of hydrogen-bond donors (Lipinski definition) is 2. The molecular weight excluding hydrogens is 269 g/mol. The number of rotatable bonds is 6. The van der Waals surface area contributed by atoms with E-state index >= 15 is 0 Å². The number of nitrogens with one attached hydrogen (secondary N) is 2. The van der Waals surface area contributed by atoms with Gasteiger partial charge in [0.05, 0.1) is 0 Å². The van der Waals surface area contributed by atoms with E-state index in [-0.39, 0.29) is 29.9 Å². The molecule has 0 aliphatic heterocycles. The molecule has 1 rings (SSSR count). The Morgan fingerprint density at radius 3 is 2.83 bits per heavy atom. The molecule has 0 aromatic carbocycles. The van der Waals surface area contributed by atoms with Gasteiger partial charge < -0.3 is 5.32 Å². The molecule has 18 heavy (non-hydrogen) atoms. The zero-order valence-electron chi connectivity index (χ0n) is 9.67. The molecule has 102 valence electrons. The number of nitrogens with zero attached hydrogens (tertiary/aromatic N) is 2. The van der Waals surface area contributed by atoms with Gasteiger partial charge in [-0.25, -0.2) is 4.98 Å². The highest BCUT2D eigenvalue weighted by Gasteiger charge is 2.27. The molecule has 0 spiro atoms. The van der Waals surface area contributed by atoms with E-state index in [9.17, 15) is 18.0 Å². The number of aryl methyl sites for hydroxylation is 1. The average Bonchev–Trinajstić information content (AvgIpc) is 2.72. The van der Waals surface area contributed by atoms with Crippen LogP contribution in [0.3, 0.4) is 0 Å². The number of alkyl halides is 3. The minimum absolute atomic E-state index is 0.0459. The Bertz CT molecular complexity index is 393. The number of halogens is 3. The molecular formula is C9H13F3N4OS. The first-order valence-electron chi connectivity index (χ1n) is 5.32. The van der Waals surface area contributed by atoms with E-state index in [1.807, 2.05) is 6.92 Å². The van der Waals surface area contributed by atoms with Crippen LogP contribution in [0.5, 0.6) is 0 Å². The fourth-order valence-electron chi connectivity index (χ4n) is 1.16. The second-order valence-corrected chi connectivity index (χ2v) is 4.57. The fourth-order valence-corrected chi connectivity index (χ4v) is 1.59. The van der Waals surface area contributed by atoms with Crippen LogP contribution in [0.1, 0.15) is 29.8 Å². The zero-order valence-corrected chi connectivity index (χ0v) is 10.5. The van der Waals surface area contributed by atoms with Crippen molar-refractivity contribution in [3.63, 3.8) is 0 Å². The van der Waals surface area contributed by atoms with Gasteiger partial charge in [0.25, 0.3) is 5.91 Å². The van der Waals surface area contributed by atoms with Crippen molar-refractivity contribution in [3.05, 3.63) is 11.6 Å². The van der Waals surface area contributed by atoms with Crippen LogP contribution in [-0.2, 0) is 6.42 Å². The summed E-state index contributed by atoms with van der Waals surface area (Å²) in [7, 11) is 0. The van der Waals surface area contributed by atoms with Gasteiger partial charge >= 0.3 is 5.51 Å². The molecule has 0 bridgehead atoms. The second kappa shape index (κ2) is 6.62. The smallest absolute Gasteiger partial charge is 0.348 e. The first kappa shape index (κ1) is 14.8. The lowest BCUT2D eigenvalue weighted by Gasteiger charge is -2.05. The maximum atomic E-state index is 11.8. The molecule has 0 radical (unpaired) electrons. The van der Waals surface area contributed by atoms with Crippen molar-refractivity contribution in [2.24, 2.45) is 0 Å². The summed E-state index contributed by atoms with van der Waals surface area (Å²) in [5.41, 5.74) is -4.27. The van der Waals surface area contributed by atoms with Crippen LogP contribution in [0.4, 0.5) is 13.2 Å². The van der Waals surface area contributed by atoms with Gasteiger partial charge in [-0.05, 0) is 18.2 Å². The van der Waals surface area contributed by atoms with Crippen molar-refractivity contribution in [2.75, 3.05) is 12.3 Å². The lowest BCUT2D eigenvalue weighted by atomic mass is 10.3. The van der Waals surface area contributed by atoms with Crippen LogP contribution in [-0.4, -0.2) is 38.9 Å². The Kier molecular flexibility index (Phi) is 5.45. The third-order valence-corrected chi connectivity index (χ3v) is 2.61. The summed E-state index contributed by atoms with van der Waals surface area (Å²) in [6.45, 7) is 1.87. The highest BCUT2D eigenvalue weighted by atomic mass is 32.2. The van der Waals surface area contributed by atoms with Crippen molar-refractivity contribution in [2.45, 2.75) is 25.3 Å². The first-order chi connectivity index (χ1) is 8.42. The highest BCUT2D eigenvalue weighted by Crippen LogP contribution is 2.29. The Balaban J connectivity index is 2.31. The summed E-state index contributed by atoms with van der Waals surface area (Å²) in [5.74, 6) is -0.263. The molecule has 0 aliphatic rings. The van der Waals surface area contributed by atoms with E-state index in [0.717, 1.165) is 6.42 Å². The fraction of sp³-hybridized carbons (Fsp3) is 0.667. The molecule has 1 heterocycles. The van der Waals surface area contributed by atoms with Crippen molar-refractivity contribution >= 4 is 17.7 Å². The molecule has 0 aliphatic carbocycles. The summed E-state index contributed by atoms with van der Waals surface area (Å²) in [4.78, 5) is 15.4. The second-order valence-electron chi connectivity index (χ2n) is 3.41. The molecule has 0 unspecified atom stereocenters. The number of carbonyl (C=O) groups is 1. The number of thioether (sulfide) groups is 1. The third-order valence-electron chi connectivity index (χ3n) is 1.87. The minimum Gasteiger partial charge on any atom is -0.348 e. The molecule has 1 amide bonds. The molecule has 5 nitrogen and oxygen atoms in total. The Morgan fingerprint density at radius 1 is 1.50 bits per heavy atom. The molecule has 2 N–H and O–H groups in total. The lowest BCUT2D eigenvalue weighted by molar-refractivity contribution is -0.0327. The van der Waals surface area contributed by atoms with Crippen LogP contribution in [0.2, 0.25) is 0 Å². The average molecular weight is 282 g/mol.